The van der Waals surface area contributed by atoms with Gasteiger partial charge in [-0.2, -0.15) is 0 Å². The summed E-state index contributed by atoms with van der Waals surface area (Å²) in [6.07, 6.45) is 4.83. The van der Waals surface area contributed by atoms with Gasteiger partial charge in [-0.25, -0.2) is 8.42 Å². The maximum Gasteiger partial charge on any atom is 0.264 e. The lowest BCUT2D eigenvalue weighted by Crippen LogP contribution is -2.30. The normalized spacial score (nSPS) is 14.9. The predicted octanol–water partition coefficient (Wildman–Crippen LogP) is 4.89. The summed E-state index contributed by atoms with van der Waals surface area (Å²) in [6.45, 7) is 2.10. The average Bonchev–Trinajstić information content (AvgIpc) is 3.16. The van der Waals surface area contributed by atoms with Crippen molar-refractivity contribution in [3.05, 3.63) is 47.5 Å². The van der Waals surface area contributed by atoms with Crippen molar-refractivity contribution >= 4 is 27.3 Å². The van der Waals surface area contributed by atoms with Crippen LogP contribution in [0.4, 0.5) is 5.69 Å². The summed E-state index contributed by atoms with van der Waals surface area (Å²) in [6, 6.07) is 11.7. The Labute approximate surface area is 165 Å². The van der Waals surface area contributed by atoms with Crippen molar-refractivity contribution in [1.29, 1.82) is 0 Å². The molecule has 2 aromatic carbocycles. The molecule has 0 aliphatic heterocycles. The maximum absolute atomic E-state index is 13.1. The van der Waals surface area contributed by atoms with Crippen LogP contribution in [0.1, 0.15) is 32.6 Å². The Morgan fingerprint density at radius 3 is 2.33 bits per heavy atom. The van der Waals surface area contributed by atoms with E-state index in [1.54, 1.807) is 25.1 Å². The van der Waals surface area contributed by atoms with Crippen molar-refractivity contribution in [2.75, 3.05) is 18.0 Å². The molecule has 0 saturated heterocycles. The number of methoxy groups -OCH3 is 1. The van der Waals surface area contributed by atoms with E-state index in [1.807, 2.05) is 12.1 Å². The summed E-state index contributed by atoms with van der Waals surface area (Å²) in [7, 11) is -2.25. The highest BCUT2D eigenvalue weighted by molar-refractivity contribution is 7.92. The second kappa shape index (κ2) is 8.40. The molecule has 0 radical (unpaired) electrons. The number of benzene rings is 2. The summed E-state index contributed by atoms with van der Waals surface area (Å²) >= 11 is 6.11. The SMILES string of the molecule is CCN(c1ccc(OC2CCCC2)cc1)S(=O)(=O)c1ccc(OC)c(Cl)c1. The van der Waals surface area contributed by atoms with Crippen LogP contribution in [0.3, 0.4) is 0 Å². The van der Waals surface area contributed by atoms with Crippen LogP contribution < -0.4 is 13.8 Å². The first kappa shape index (κ1) is 19.8. The molecule has 27 heavy (non-hydrogen) atoms. The van der Waals surface area contributed by atoms with E-state index in [-0.39, 0.29) is 16.0 Å². The highest BCUT2D eigenvalue weighted by atomic mass is 35.5. The minimum absolute atomic E-state index is 0.126. The van der Waals surface area contributed by atoms with Gasteiger partial charge in [0, 0.05) is 6.54 Å². The Balaban J connectivity index is 1.83. The average molecular weight is 410 g/mol. The summed E-state index contributed by atoms with van der Waals surface area (Å²) < 4.78 is 38.6. The number of hydrogen-bond donors (Lipinski definition) is 0. The van der Waals surface area contributed by atoms with Crippen LogP contribution in [-0.2, 0) is 10.0 Å². The van der Waals surface area contributed by atoms with Crippen LogP contribution in [0.5, 0.6) is 11.5 Å². The second-order valence-electron chi connectivity index (χ2n) is 6.48. The van der Waals surface area contributed by atoms with Gasteiger partial charge in [0.25, 0.3) is 10.0 Å². The van der Waals surface area contributed by atoms with Gasteiger partial charge >= 0.3 is 0 Å². The summed E-state index contributed by atoms with van der Waals surface area (Å²) in [5.41, 5.74) is 0.586. The highest BCUT2D eigenvalue weighted by Gasteiger charge is 2.25. The van der Waals surface area contributed by atoms with Gasteiger partial charge in [-0.05, 0) is 75.1 Å². The molecule has 3 rings (SSSR count). The Morgan fingerprint density at radius 2 is 1.78 bits per heavy atom. The third-order valence-electron chi connectivity index (χ3n) is 4.73. The molecule has 1 saturated carbocycles. The van der Waals surface area contributed by atoms with Gasteiger partial charge in [0.05, 0.1) is 28.8 Å². The van der Waals surface area contributed by atoms with Gasteiger partial charge in [-0.3, -0.25) is 4.31 Å². The van der Waals surface area contributed by atoms with Gasteiger partial charge in [0.1, 0.15) is 11.5 Å². The van der Waals surface area contributed by atoms with Crippen LogP contribution in [0.25, 0.3) is 0 Å². The van der Waals surface area contributed by atoms with E-state index in [4.69, 9.17) is 21.1 Å². The molecule has 0 atom stereocenters. The summed E-state index contributed by atoms with van der Waals surface area (Å²) in [5.74, 6) is 1.21. The molecule has 1 fully saturated rings. The highest BCUT2D eigenvalue weighted by Crippen LogP contribution is 2.31. The molecule has 1 aliphatic carbocycles. The summed E-state index contributed by atoms with van der Waals surface area (Å²) in [5, 5.41) is 0.259. The molecule has 0 heterocycles. The largest absolute Gasteiger partial charge is 0.495 e. The van der Waals surface area contributed by atoms with Gasteiger partial charge in [0.15, 0.2) is 0 Å². The third kappa shape index (κ3) is 4.33. The van der Waals surface area contributed by atoms with E-state index >= 15 is 0 Å². The first-order valence-electron chi connectivity index (χ1n) is 9.08. The lowest BCUT2D eigenvalue weighted by Gasteiger charge is -2.23. The molecule has 0 aromatic heterocycles. The number of anilines is 1. The van der Waals surface area contributed by atoms with E-state index in [0.29, 0.717) is 18.0 Å². The smallest absolute Gasteiger partial charge is 0.264 e. The molecule has 0 amide bonds. The molecule has 7 heteroatoms. The van der Waals surface area contributed by atoms with Crippen molar-refractivity contribution in [2.45, 2.75) is 43.6 Å². The van der Waals surface area contributed by atoms with E-state index < -0.39 is 10.0 Å². The molecule has 0 spiro atoms. The molecule has 2 aromatic rings. The standard InChI is InChI=1S/C20H24ClNO4S/c1-3-22(27(23,24)18-12-13-20(25-2)19(21)14-18)15-8-10-17(11-9-15)26-16-6-4-5-7-16/h8-14,16H,3-7H2,1-2H3. The summed E-state index contributed by atoms with van der Waals surface area (Å²) in [4.78, 5) is 0.126. The van der Waals surface area contributed by atoms with Crippen molar-refractivity contribution in [2.24, 2.45) is 0 Å². The van der Waals surface area contributed by atoms with Crippen LogP contribution in [0.2, 0.25) is 5.02 Å². The fourth-order valence-corrected chi connectivity index (χ4v) is 5.14. The van der Waals surface area contributed by atoms with Crippen LogP contribution in [0.15, 0.2) is 47.4 Å². The zero-order valence-electron chi connectivity index (χ0n) is 15.5. The fraction of sp³-hybridized carbons (Fsp3) is 0.400. The topological polar surface area (TPSA) is 55.8 Å². The first-order chi connectivity index (χ1) is 13.0. The Bertz CT molecular complexity index is 877. The Hall–Kier alpha value is -1.92. The zero-order chi connectivity index (χ0) is 19.4. The predicted molar refractivity (Wildman–Crippen MR) is 108 cm³/mol. The quantitative estimate of drug-likeness (QED) is 0.653. The number of rotatable bonds is 7. The molecule has 146 valence electrons. The minimum Gasteiger partial charge on any atom is -0.495 e. The second-order valence-corrected chi connectivity index (χ2v) is 8.75. The Kier molecular flexibility index (Phi) is 6.17. The molecular formula is C20H24ClNO4S. The molecule has 1 aliphatic rings. The minimum atomic E-state index is -3.73. The van der Waals surface area contributed by atoms with Crippen LogP contribution >= 0.6 is 11.6 Å². The number of halogens is 1. The Morgan fingerprint density at radius 1 is 1.11 bits per heavy atom. The molecule has 0 unspecified atom stereocenters. The van der Waals surface area contributed by atoms with Gasteiger partial charge in [-0.1, -0.05) is 11.6 Å². The lowest BCUT2D eigenvalue weighted by atomic mass is 10.2. The van der Waals surface area contributed by atoms with E-state index in [1.165, 1.54) is 36.4 Å². The van der Waals surface area contributed by atoms with Crippen molar-refractivity contribution in [1.82, 2.24) is 0 Å². The number of sulfonamides is 1. The van der Waals surface area contributed by atoms with Crippen molar-refractivity contribution in [3.63, 3.8) is 0 Å². The fourth-order valence-electron chi connectivity index (χ4n) is 3.32. The molecule has 0 bridgehead atoms. The van der Waals surface area contributed by atoms with E-state index in [9.17, 15) is 8.42 Å². The third-order valence-corrected chi connectivity index (χ3v) is 6.92. The zero-order valence-corrected chi connectivity index (χ0v) is 17.1. The first-order valence-corrected chi connectivity index (χ1v) is 10.9. The van der Waals surface area contributed by atoms with E-state index in [0.717, 1.165) is 18.6 Å². The van der Waals surface area contributed by atoms with Crippen LogP contribution in [-0.4, -0.2) is 28.2 Å². The monoisotopic (exact) mass is 409 g/mol. The molecule has 5 nitrogen and oxygen atoms in total. The van der Waals surface area contributed by atoms with Gasteiger partial charge < -0.3 is 9.47 Å². The van der Waals surface area contributed by atoms with Crippen molar-refractivity contribution in [3.8, 4) is 11.5 Å². The van der Waals surface area contributed by atoms with Gasteiger partial charge in [0.2, 0.25) is 0 Å². The van der Waals surface area contributed by atoms with Crippen molar-refractivity contribution < 1.29 is 17.9 Å². The van der Waals surface area contributed by atoms with Crippen LogP contribution in [0, 0.1) is 0 Å². The number of ether oxygens (including phenoxy) is 2. The molecular weight excluding hydrogens is 386 g/mol. The maximum atomic E-state index is 13.1. The number of nitrogens with zero attached hydrogens (tertiary/aromatic N) is 1. The lowest BCUT2D eigenvalue weighted by molar-refractivity contribution is 0.210. The van der Waals surface area contributed by atoms with E-state index in [2.05, 4.69) is 0 Å². The molecule has 0 N–H and O–H groups in total. The van der Waals surface area contributed by atoms with Gasteiger partial charge in [-0.15, -0.1) is 0 Å². The number of hydrogen-bond acceptors (Lipinski definition) is 4.